The number of amides is 1. The van der Waals surface area contributed by atoms with Crippen molar-refractivity contribution in [3.8, 4) is 17.8 Å². The number of hydrogen-bond donors (Lipinski definition) is 0. The number of carbonyl (C=O) groups excluding carboxylic acids is 1. The average Bonchev–Trinajstić information content (AvgIpc) is 2.62. The smallest absolute Gasteiger partial charge is 0.415 e. The van der Waals surface area contributed by atoms with Gasteiger partial charge in [-0.05, 0) is 54.8 Å². The van der Waals surface area contributed by atoms with Gasteiger partial charge in [-0.3, -0.25) is 4.90 Å². The van der Waals surface area contributed by atoms with E-state index in [0.29, 0.717) is 5.69 Å². The first-order valence-electron chi connectivity index (χ1n) is 8.99. The van der Waals surface area contributed by atoms with E-state index in [2.05, 4.69) is 25.9 Å². The molecule has 0 atom stereocenters. The minimum absolute atomic E-state index is 0.0828. The number of benzene rings is 1. The molecule has 0 aliphatic heterocycles. The topological polar surface area (TPSA) is 88.3 Å². The summed E-state index contributed by atoms with van der Waals surface area (Å²) >= 11 is 16.1. The Labute approximate surface area is 194 Å². The van der Waals surface area contributed by atoms with Gasteiger partial charge < -0.3 is 9.47 Å². The Morgan fingerprint density at radius 2 is 1.90 bits per heavy atom. The molecule has 1 heterocycles. The predicted octanol–water partition coefficient (Wildman–Crippen LogP) is 6.73. The zero-order chi connectivity index (χ0) is 22.6. The van der Waals surface area contributed by atoms with Gasteiger partial charge in [-0.1, -0.05) is 37.0 Å². The first kappa shape index (κ1) is 24.2. The quantitative estimate of drug-likeness (QED) is 0.410. The molecule has 0 bridgehead atoms. The molecule has 2 aromatic rings. The maximum absolute atomic E-state index is 12.5. The van der Waals surface area contributed by atoms with E-state index in [1.54, 1.807) is 27.0 Å². The molecule has 1 amide bonds. The summed E-state index contributed by atoms with van der Waals surface area (Å²) < 4.78 is 11.8. The Morgan fingerprint density at radius 1 is 1.30 bits per heavy atom. The summed E-state index contributed by atoms with van der Waals surface area (Å²) in [6, 6.07) is 4.94. The lowest BCUT2D eigenvalue weighted by Crippen LogP contribution is -2.37. The highest BCUT2D eigenvalue weighted by atomic mass is 79.9. The molecule has 0 fully saturated rings. The summed E-state index contributed by atoms with van der Waals surface area (Å²) in [7, 11) is 0. The van der Waals surface area contributed by atoms with Crippen LogP contribution in [0.1, 0.15) is 46.2 Å². The monoisotopic (exact) mass is 514 g/mol. The van der Waals surface area contributed by atoms with Crippen molar-refractivity contribution in [2.75, 3.05) is 11.4 Å². The largest absolute Gasteiger partial charge is 0.443 e. The second-order valence-electron chi connectivity index (χ2n) is 7.61. The molecule has 160 valence electrons. The minimum atomic E-state index is -0.728. The van der Waals surface area contributed by atoms with E-state index in [-0.39, 0.29) is 34.3 Å². The third kappa shape index (κ3) is 6.21. The number of halogens is 3. The zero-order valence-corrected chi connectivity index (χ0v) is 20.3. The number of rotatable bonds is 5. The van der Waals surface area contributed by atoms with Gasteiger partial charge in [0.15, 0.2) is 5.75 Å². The summed E-state index contributed by atoms with van der Waals surface area (Å²) in [5, 5.41) is 9.37. The van der Waals surface area contributed by atoms with Crippen LogP contribution in [0, 0.1) is 11.3 Å². The normalized spacial score (nSPS) is 11.2. The van der Waals surface area contributed by atoms with Crippen molar-refractivity contribution in [2.45, 2.75) is 46.1 Å². The van der Waals surface area contributed by atoms with Crippen molar-refractivity contribution in [1.29, 1.82) is 5.26 Å². The molecule has 1 aromatic carbocycles. The lowest BCUT2D eigenvalue weighted by molar-refractivity contribution is 0.0585. The van der Waals surface area contributed by atoms with Gasteiger partial charge in [0.05, 0.1) is 32.0 Å². The molecule has 0 saturated heterocycles. The highest BCUT2D eigenvalue weighted by Gasteiger charge is 2.25. The SMILES string of the molecule is CC(C)c1nc(Oc2c(Cl)cc(N(CC#N)C(=O)OC(C)(C)C)cc2Cl)ncc1Br. The number of aromatic nitrogens is 2. The number of nitriles is 1. The van der Waals surface area contributed by atoms with Crippen molar-refractivity contribution in [1.82, 2.24) is 9.97 Å². The van der Waals surface area contributed by atoms with Gasteiger partial charge in [0, 0.05) is 6.20 Å². The summed E-state index contributed by atoms with van der Waals surface area (Å²) in [4.78, 5) is 22.1. The first-order valence-corrected chi connectivity index (χ1v) is 10.5. The number of ether oxygens (including phenoxy) is 2. The van der Waals surface area contributed by atoms with Crippen molar-refractivity contribution in [3.63, 3.8) is 0 Å². The lowest BCUT2D eigenvalue weighted by Gasteiger charge is -2.26. The standard InChI is InChI=1S/C20H21BrCl2N4O3/c1-11(2)16-13(21)10-25-18(26-16)29-17-14(22)8-12(9-15(17)23)27(7-6-24)19(28)30-20(3,4)5/h8-11H,7H2,1-5H3. The Morgan fingerprint density at radius 3 is 2.40 bits per heavy atom. The van der Waals surface area contributed by atoms with E-state index < -0.39 is 11.7 Å². The predicted molar refractivity (Wildman–Crippen MR) is 120 cm³/mol. The molecule has 30 heavy (non-hydrogen) atoms. The molecule has 1 aromatic heterocycles. The van der Waals surface area contributed by atoms with Crippen LogP contribution in [0.25, 0.3) is 0 Å². The summed E-state index contributed by atoms with van der Waals surface area (Å²) in [6.45, 7) is 8.94. The second-order valence-corrected chi connectivity index (χ2v) is 9.27. The van der Waals surface area contributed by atoms with Crippen LogP contribution in [0.4, 0.5) is 10.5 Å². The zero-order valence-electron chi connectivity index (χ0n) is 17.2. The highest BCUT2D eigenvalue weighted by molar-refractivity contribution is 9.10. The third-order valence-corrected chi connectivity index (χ3v) is 4.80. The summed E-state index contributed by atoms with van der Waals surface area (Å²) in [5.74, 6) is 0.284. The number of nitrogens with zero attached hydrogens (tertiary/aromatic N) is 4. The molecule has 10 heteroatoms. The molecule has 0 N–H and O–H groups in total. The molecule has 0 radical (unpaired) electrons. The molecular weight excluding hydrogens is 495 g/mol. The highest BCUT2D eigenvalue weighted by Crippen LogP contribution is 2.39. The van der Waals surface area contributed by atoms with Crippen molar-refractivity contribution < 1.29 is 14.3 Å². The first-order chi connectivity index (χ1) is 13.9. The fourth-order valence-electron chi connectivity index (χ4n) is 2.36. The van der Waals surface area contributed by atoms with E-state index in [1.807, 2.05) is 19.9 Å². The van der Waals surface area contributed by atoms with Gasteiger partial charge in [-0.2, -0.15) is 10.2 Å². The Hall–Kier alpha value is -2.08. The van der Waals surface area contributed by atoms with E-state index in [1.165, 1.54) is 12.1 Å². The van der Waals surface area contributed by atoms with Gasteiger partial charge in [0.2, 0.25) is 0 Å². The minimum Gasteiger partial charge on any atom is -0.443 e. The molecule has 0 aliphatic rings. The van der Waals surface area contributed by atoms with Crippen LogP contribution in [-0.4, -0.2) is 28.2 Å². The van der Waals surface area contributed by atoms with E-state index >= 15 is 0 Å². The second kappa shape index (κ2) is 9.82. The molecule has 0 unspecified atom stereocenters. The van der Waals surface area contributed by atoms with Crippen LogP contribution >= 0.6 is 39.1 Å². The fraction of sp³-hybridized carbons (Fsp3) is 0.400. The number of carbonyl (C=O) groups is 1. The van der Waals surface area contributed by atoms with E-state index in [9.17, 15) is 4.79 Å². The van der Waals surface area contributed by atoms with Gasteiger partial charge >= 0.3 is 12.1 Å². The van der Waals surface area contributed by atoms with Crippen LogP contribution in [0.3, 0.4) is 0 Å². The van der Waals surface area contributed by atoms with Crippen LogP contribution in [0.5, 0.6) is 11.8 Å². The van der Waals surface area contributed by atoms with Crippen molar-refractivity contribution >= 4 is 50.9 Å². The molecule has 0 saturated carbocycles. The van der Waals surface area contributed by atoms with Crippen LogP contribution in [0.2, 0.25) is 10.0 Å². The maximum Gasteiger partial charge on any atom is 0.415 e. The van der Waals surface area contributed by atoms with Gasteiger partial charge in [0.1, 0.15) is 12.1 Å². The number of hydrogen-bond acceptors (Lipinski definition) is 6. The molecule has 0 spiro atoms. The Bertz CT molecular complexity index is 964. The summed E-state index contributed by atoms with van der Waals surface area (Å²) in [6.07, 6.45) is 0.896. The van der Waals surface area contributed by atoms with Crippen LogP contribution in [-0.2, 0) is 4.74 Å². The fourth-order valence-corrected chi connectivity index (χ4v) is 3.56. The molecule has 7 nitrogen and oxygen atoms in total. The van der Waals surface area contributed by atoms with Crippen molar-refractivity contribution in [2.24, 2.45) is 0 Å². The third-order valence-electron chi connectivity index (χ3n) is 3.63. The number of anilines is 1. The molecule has 0 aliphatic carbocycles. The Balaban J connectivity index is 2.38. The Kier molecular flexibility index (Phi) is 7.92. The van der Waals surface area contributed by atoms with Crippen molar-refractivity contribution in [3.05, 3.63) is 38.5 Å². The van der Waals surface area contributed by atoms with E-state index in [4.69, 9.17) is 37.9 Å². The summed E-state index contributed by atoms with van der Waals surface area (Å²) in [5.41, 5.74) is 0.343. The van der Waals surface area contributed by atoms with E-state index in [0.717, 1.165) is 15.1 Å². The van der Waals surface area contributed by atoms with Gasteiger partial charge in [-0.25, -0.2) is 9.78 Å². The van der Waals surface area contributed by atoms with Crippen LogP contribution in [0.15, 0.2) is 22.8 Å². The lowest BCUT2D eigenvalue weighted by atomic mass is 10.1. The van der Waals surface area contributed by atoms with Crippen LogP contribution < -0.4 is 9.64 Å². The molecule has 2 rings (SSSR count). The average molecular weight is 516 g/mol. The maximum atomic E-state index is 12.5. The molecular formula is C20H21BrCl2N4O3. The van der Waals surface area contributed by atoms with Gasteiger partial charge in [0.25, 0.3) is 0 Å². The van der Waals surface area contributed by atoms with Gasteiger partial charge in [-0.15, -0.1) is 0 Å².